The molecule has 1 aliphatic carbocycles. The molecule has 0 spiro atoms. The third kappa shape index (κ3) is 3.34. The fraction of sp³-hybridized carbons (Fsp3) is 0.200. The summed E-state index contributed by atoms with van der Waals surface area (Å²) in [5.41, 5.74) is 6.63. The number of nitrogens with zero attached hydrogens (tertiary/aromatic N) is 5. The van der Waals surface area contributed by atoms with Crippen molar-refractivity contribution in [1.29, 1.82) is 0 Å². The molecule has 5 aromatic rings. The molecule has 8 heteroatoms. The van der Waals surface area contributed by atoms with Crippen LogP contribution in [-0.4, -0.2) is 35.6 Å². The van der Waals surface area contributed by atoms with E-state index in [0.29, 0.717) is 23.0 Å². The van der Waals surface area contributed by atoms with Crippen LogP contribution in [0.1, 0.15) is 30.2 Å². The van der Waals surface area contributed by atoms with Crippen LogP contribution in [0.5, 0.6) is 0 Å². The molecule has 6 rings (SSSR count). The number of nitrogens with one attached hydrogen (secondary N) is 2. The Bertz CT molecular complexity index is 1530. The largest absolute Gasteiger partial charge is 0.358 e. The van der Waals surface area contributed by atoms with E-state index in [1.54, 1.807) is 16.9 Å². The van der Waals surface area contributed by atoms with E-state index in [0.717, 1.165) is 30.4 Å². The minimum atomic E-state index is -0.432. The zero-order valence-corrected chi connectivity index (χ0v) is 18.1. The summed E-state index contributed by atoms with van der Waals surface area (Å²) in [7, 11) is 0. The number of hydrogen-bond donors (Lipinski definition) is 2. The van der Waals surface area contributed by atoms with Crippen LogP contribution < -0.4 is 5.32 Å². The molecule has 0 amide bonds. The average Bonchev–Trinajstić information content (AvgIpc) is 3.41. The Morgan fingerprint density at radius 1 is 1.21 bits per heavy atom. The van der Waals surface area contributed by atoms with Crippen molar-refractivity contribution in [3.8, 4) is 11.4 Å². The second-order valence-electron chi connectivity index (χ2n) is 8.55. The number of aryl methyl sites for hydroxylation is 1. The smallest absolute Gasteiger partial charge is 0.228 e. The fourth-order valence-corrected chi connectivity index (χ4v) is 4.61. The predicted molar refractivity (Wildman–Crippen MR) is 126 cm³/mol. The van der Waals surface area contributed by atoms with Crippen LogP contribution in [-0.2, 0) is 12.8 Å². The molecule has 0 unspecified atom stereocenters. The van der Waals surface area contributed by atoms with E-state index in [2.05, 4.69) is 56.2 Å². The Morgan fingerprint density at radius 3 is 2.94 bits per heavy atom. The van der Waals surface area contributed by atoms with Gasteiger partial charge >= 0.3 is 0 Å². The minimum absolute atomic E-state index is 0.172. The first-order valence-electron chi connectivity index (χ1n) is 10.9. The summed E-state index contributed by atoms with van der Waals surface area (Å²) in [5.74, 6) is 0.530. The summed E-state index contributed by atoms with van der Waals surface area (Å²) in [6.45, 7) is 5.96. The third-order valence-corrected chi connectivity index (χ3v) is 6.22. The van der Waals surface area contributed by atoms with Crippen molar-refractivity contribution in [1.82, 2.24) is 29.5 Å². The molecular formula is C25H22FN7. The summed E-state index contributed by atoms with van der Waals surface area (Å²) in [4.78, 5) is 16.9. The second-order valence-corrected chi connectivity index (χ2v) is 8.55. The number of anilines is 1. The summed E-state index contributed by atoms with van der Waals surface area (Å²) >= 11 is 0. The van der Waals surface area contributed by atoms with E-state index in [1.165, 1.54) is 34.4 Å². The van der Waals surface area contributed by atoms with Crippen LogP contribution in [0.4, 0.5) is 10.3 Å². The van der Waals surface area contributed by atoms with Gasteiger partial charge in [0.1, 0.15) is 5.82 Å². The Labute approximate surface area is 189 Å². The van der Waals surface area contributed by atoms with Gasteiger partial charge < -0.3 is 10.3 Å². The molecule has 0 saturated heterocycles. The zero-order chi connectivity index (χ0) is 22.5. The highest BCUT2D eigenvalue weighted by Gasteiger charge is 2.24. The molecule has 4 aromatic heterocycles. The number of aromatic nitrogens is 6. The molecule has 0 saturated carbocycles. The van der Waals surface area contributed by atoms with Crippen molar-refractivity contribution in [3.05, 3.63) is 78.1 Å². The molecule has 2 N–H and O–H groups in total. The fourth-order valence-electron chi connectivity index (χ4n) is 4.61. The van der Waals surface area contributed by atoms with Crippen LogP contribution in [0.3, 0.4) is 0 Å². The molecule has 1 atom stereocenters. The second kappa shape index (κ2) is 7.51. The highest BCUT2D eigenvalue weighted by Crippen LogP contribution is 2.31. The van der Waals surface area contributed by atoms with Gasteiger partial charge in [0.15, 0.2) is 11.5 Å². The SMILES string of the molecule is C=C(C)c1cnn2c(N[C@@H]3CCc4[nH]c5ccccc5c4C3)nc(-c3cncc(F)c3)nc12. The van der Waals surface area contributed by atoms with Gasteiger partial charge in [-0.2, -0.15) is 14.6 Å². The number of hydrogen-bond acceptors (Lipinski definition) is 5. The van der Waals surface area contributed by atoms with E-state index in [-0.39, 0.29) is 6.04 Å². The van der Waals surface area contributed by atoms with Crippen LogP contribution in [0.2, 0.25) is 0 Å². The number of rotatable bonds is 4. The van der Waals surface area contributed by atoms with Crippen LogP contribution >= 0.6 is 0 Å². The van der Waals surface area contributed by atoms with Gasteiger partial charge in [0, 0.05) is 40.0 Å². The van der Waals surface area contributed by atoms with Gasteiger partial charge in [-0.15, -0.1) is 0 Å². The number of allylic oxidation sites excluding steroid dienone is 1. The summed E-state index contributed by atoms with van der Waals surface area (Å²) in [5, 5.41) is 9.37. The van der Waals surface area contributed by atoms with Gasteiger partial charge in [-0.05, 0) is 49.5 Å². The van der Waals surface area contributed by atoms with Crippen molar-refractivity contribution in [2.75, 3.05) is 5.32 Å². The molecule has 1 aliphatic rings. The lowest BCUT2D eigenvalue weighted by Gasteiger charge is -2.24. The average molecular weight is 439 g/mol. The van der Waals surface area contributed by atoms with Crippen LogP contribution in [0, 0.1) is 5.82 Å². The molecule has 0 radical (unpaired) electrons. The first-order chi connectivity index (χ1) is 16.1. The molecule has 33 heavy (non-hydrogen) atoms. The standard InChI is InChI=1S/C25H22FN7/c1-14(2)20-13-28-33-24(20)31-23(15-9-16(26)12-27-11-15)32-25(33)29-17-7-8-22-19(10-17)18-5-3-4-6-21(18)30-22/h3-6,9,11-13,17,30H,1,7-8,10H2,2H3,(H,29,31,32)/t17-/m1/s1. The van der Waals surface area contributed by atoms with Gasteiger partial charge in [0.2, 0.25) is 5.95 Å². The maximum atomic E-state index is 13.9. The highest BCUT2D eigenvalue weighted by molar-refractivity contribution is 5.85. The number of para-hydroxylation sites is 1. The highest BCUT2D eigenvalue weighted by atomic mass is 19.1. The van der Waals surface area contributed by atoms with Gasteiger partial charge in [0.05, 0.1) is 12.4 Å². The van der Waals surface area contributed by atoms with Crippen LogP contribution in [0.25, 0.3) is 33.5 Å². The van der Waals surface area contributed by atoms with Gasteiger partial charge in [-0.1, -0.05) is 24.8 Å². The molecule has 0 bridgehead atoms. The number of benzene rings is 1. The van der Waals surface area contributed by atoms with E-state index in [9.17, 15) is 4.39 Å². The molecular weight excluding hydrogens is 417 g/mol. The van der Waals surface area contributed by atoms with Gasteiger partial charge in [-0.25, -0.2) is 9.37 Å². The van der Waals surface area contributed by atoms with Crippen molar-refractivity contribution in [2.24, 2.45) is 0 Å². The molecule has 7 nitrogen and oxygen atoms in total. The number of pyridine rings is 1. The third-order valence-electron chi connectivity index (χ3n) is 6.22. The first-order valence-corrected chi connectivity index (χ1v) is 10.9. The number of fused-ring (bicyclic) bond motifs is 4. The van der Waals surface area contributed by atoms with Crippen molar-refractivity contribution in [3.63, 3.8) is 0 Å². The topological polar surface area (TPSA) is 83.8 Å². The predicted octanol–water partition coefficient (Wildman–Crippen LogP) is 4.81. The lowest BCUT2D eigenvalue weighted by molar-refractivity contribution is 0.599. The normalized spacial score (nSPS) is 15.6. The Kier molecular flexibility index (Phi) is 4.46. The summed E-state index contributed by atoms with van der Waals surface area (Å²) in [6, 6.07) is 9.97. The Balaban J connectivity index is 1.42. The van der Waals surface area contributed by atoms with E-state index < -0.39 is 5.82 Å². The lowest BCUT2D eigenvalue weighted by atomic mass is 9.91. The maximum absolute atomic E-state index is 13.9. The summed E-state index contributed by atoms with van der Waals surface area (Å²) < 4.78 is 15.6. The molecule has 0 aliphatic heterocycles. The number of H-pyrrole nitrogens is 1. The molecule has 4 heterocycles. The monoisotopic (exact) mass is 439 g/mol. The van der Waals surface area contributed by atoms with E-state index in [4.69, 9.17) is 4.98 Å². The van der Waals surface area contributed by atoms with Gasteiger partial charge in [0.25, 0.3) is 0 Å². The summed E-state index contributed by atoms with van der Waals surface area (Å²) in [6.07, 6.45) is 7.25. The quantitative estimate of drug-likeness (QED) is 0.420. The van der Waals surface area contributed by atoms with Crippen molar-refractivity contribution < 1.29 is 4.39 Å². The van der Waals surface area contributed by atoms with E-state index in [1.807, 2.05) is 6.92 Å². The van der Waals surface area contributed by atoms with Crippen molar-refractivity contribution >= 4 is 28.1 Å². The van der Waals surface area contributed by atoms with Crippen molar-refractivity contribution in [2.45, 2.75) is 32.2 Å². The van der Waals surface area contributed by atoms with Crippen LogP contribution in [0.15, 0.2) is 55.5 Å². The van der Waals surface area contributed by atoms with E-state index >= 15 is 0 Å². The van der Waals surface area contributed by atoms with Gasteiger partial charge in [-0.3, -0.25) is 4.98 Å². The minimum Gasteiger partial charge on any atom is -0.358 e. The Hall–Kier alpha value is -4.07. The zero-order valence-electron chi connectivity index (χ0n) is 18.1. The Morgan fingerprint density at radius 2 is 2.09 bits per heavy atom. The molecule has 1 aromatic carbocycles. The lowest BCUT2D eigenvalue weighted by Crippen LogP contribution is -2.29. The molecule has 164 valence electrons. The number of halogens is 1. The molecule has 0 fully saturated rings. The maximum Gasteiger partial charge on any atom is 0.228 e. The first kappa shape index (κ1) is 19.6. The number of aromatic amines is 1.